The number of carbonyl (C=O) groups excluding carboxylic acids is 2. The quantitative estimate of drug-likeness (QED) is 0.781. The minimum absolute atomic E-state index is 0.00437. The van der Waals surface area contributed by atoms with E-state index in [2.05, 4.69) is 6.58 Å². The van der Waals surface area contributed by atoms with Gasteiger partial charge in [-0.15, -0.1) is 6.58 Å². The molecule has 2 heterocycles. The van der Waals surface area contributed by atoms with Crippen molar-refractivity contribution < 1.29 is 18.7 Å². The number of ether oxygens (including phenoxy) is 1. The molecule has 2 aliphatic rings. The third-order valence-electron chi connectivity index (χ3n) is 4.95. The second-order valence-corrected chi connectivity index (χ2v) is 6.72. The van der Waals surface area contributed by atoms with Gasteiger partial charge in [0.25, 0.3) is 0 Å². The van der Waals surface area contributed by atoms with E-state index in [1.807, 2.05) is 0 Å². The molecule has 134 valence electrons. The third-order valence-corrected chi connectivity index (χ3v) is 4.95. The second kappa shape index (κ2) is 7.35. The zero-order valence-corrected chi connectivity index (χ0v) is 14.2. The number of morpholine rings is 1. The Morgan fingerprint density at radius 3 is 2.80 bits per heavy atom. The smallest absolute Gasteiger partial charge is 0.248 e. The zero-order chi connectivity index (χ0) is 17.9. The standard InChI is InChI=1S/C19H23FN2O3/c1-2-8-22-14-19(25-13-18(22)24)6-9-21(10-7-19)17(23)12-15-4-3-5-16(20)11-15/h2-5,11H,1,6-10,12-14H2. The Morgan fingerprint density at radius 2 is 2.12 bits per heavy atom. The number of hydrogen-bond acceptors (Lipinski definition) is 3. The summed E-state index contributed by atoms with van der Waals surface area (Å²) in [6, 6.07) is 6.14. The van der Waals surface area contributed by atoms with Crippen LogP contribution in [-0.2, 0) is 20.7 Å². The summed E-state index contributed by atoms with van der Waals surface area (Å²) < 4.78 is 19.1. The average Bonchev–Trinajstić information content (AvgIpc) is 2.59. The van der Waals surface area contributed by atoms with Crippen molar-refractivity contribution in [1.29, 1.82) is 0 Å². The summed E-state index contributed by atoms with van der Waals surface area (Å²) in [5.74, 6) is -0.351. The van der Waals surface area contributed by atoms with Crippen molar-refractivity contribution in [2.45, 2.75) is 24.9 Å². The van der Waals surface area contributed by atoms with Crippen LogP contribution >= 0.6 is 0 Å². The molecule has 0 bridgehead atoms. The highest BCUT2D eigenvalue weighted by molar-refractivity contribution is 5.79. The maximum absolute atomic E-state index is 13.2. The number of hydrogen-bond donors (Lipinski definition) is 0. The summed E-state index contributed by atoms with van der Waals surface area (Å²) in [4.78, 5) is 27.9. The normalized spacial score (nSPS) is 20.0. The van der Waals surface area contributed by atoms with Crippen LogP contribution in [-0.4, -0.2) is 60.0 Å². The van der Waals surface area contributed by atoms with E-state index in [1.54, 1.807) is 28.0 Å². The average molecular weight is 346 g/mol. The van der Waals surface area contributed by atoms with E-state index in [1.165, 1.54) is 12.1 Å². The lowest BCUT2D eigenvalue weighted by Gasteiger charge is -2.46. The van der Waals surface area contributed by atoms with Gasteiger partial charge in [0.05, 0.1) is 18.6 Å². The molecule has 2 fully saturated rings. The summed E-state index contributed by atoms with van der Waals surface area (Å²) in [5, 5.41) is 0. The molecule has 2 saturated heterocycles. The van der Waals surface area contributed by atoms with Crippen LogP contribution in [0.15, 0.2) is 36.9 Å². The summed E-state index contributed by atoms with van der Waals surface area (Å²) in [5.41, 5.74) is 0.314. The van der Waals surface area contributed by atoms with E-state index in [0.29, 0.717) is 44.6 Å². The SMILES string of the molecule is C=CCN1CC2(CCN(C(=O)Cc3cccc(F)c3)CC2)OCC1=O. The maximum atomic E-state index is 13.2. The molecule has 6 heteroatoms. The van der Waals surface area contributed by atoms with Crippen molar-refractivity contribution in [1.82, 2.24) is 9.80 Å². The molecular formula is C19H23FN2O3. The molecule has 25 heavy (non-hydrogen) atoms. The monoisotopic (exact) mass is 346 g/mol. The van der Waals surface area contributed by atoms with Crippen LogP contribution in [0, 0.1) is 5.82 Å². The Kier molecular flexibility index (Phi) is 5.18. The third kappa shape index (κ3) is 4.07. The lowest BCUT2D eigenvalue weighted by molar-refractivity contribution is -0.172. The highest BCUT2D eigenvalue weighted by Crippen LogP contribution is 2.30. The Balaban J connectivity index is 1.57. The van der Waals surface area contributed by atoms with Crippen LogP contribution in [0.3, 0.4) is 0 Å². The Hall–Kier alpha value is -2.21. The molecule has 0 unspecified atom stereocenters. The van der Waals surface area contributed by atoms with E-state index >= 15 is 0 Å². The summed E-state index contributed by atoms with van der Waals surface area (Å²) in [7, 11) is 0. The maximum Gasteiger partial charge on any atom is 0.248 e. The minimum Gasteiger partial charge on any atom is -0.363 e. The van der Waals surface area contributed by atoms with Crippen molar-refractivity contribution in [3.05, 3.63) is 48.3 Å². The van der Waals surface area contributed by atoms with Crippen molar-refractivity contribution in [2.75, 3.05) is 32.8 Å². The molecular weight excluding hydrogens is 323 g/mol. The predicted octanol–water partition coefficient (Wildman–Crippen LogP) is 1.77. The lowest BCUT2D eigenvalue weighted by atomic mass is 9.89. The second-order valence-electron chi connectivity index (χ2n) is 6.72. The van der Waals surface area contributed by atoms with Gasteiger partial charge in [0.2, 0.25) is 11.8 Å². The van der Waals surface area contributed by atoms with E-state index in [9.17, 15) is 14.0 Å². The van der Waals surface area contributed by atoms with E-state index in [0.717, 1.165) is 0 Å². The topological polar surface area (TPSA) is 49.9 Å². The van der Waals surface area contributed by atoms with Gasteiger partial charge in [-0.1, -0.05) is 18.2 Å². The molecule has 0 aliphatic carbocycles. The minimum atomic E-state index is -0.368. The molecule has 1 aromatic rings. The molecule has 2 aliphatic heterocycles. The predicted molar refractivity (Wildman–Crippen MR) is 91.4 cm³/mol. The van der Waals surface area contributed by atoms with Crippen molar-refractivity contribution >= 4 is 11.8 Å². The molecule has 0 saturated carbocycles. The molecule has 2 amide bonds. The van der Waals surface area contributed by atoms with Gasteiger partial charge in [-0.25, -0.2) is 4.39 Å². The van der Waals surface area contributed by atoms with Crippen LogP contribution in [0.4, 0.5) is 4.39 Å². The van der Waals surface area contributed by atoms with Crippen LogP contribution < -0.4 is 0 Å². The van der Waals surface area contributed by atoms with Crippen molar-refractivity contribution in [3.63, 3.8) is 0 Å². The number of nitrogens with zero attached hydrogens (tertiary/aromatic N) is 2. The largest absolute Gasteiger partial charge is 0.363 e. The first kappa shape index (κ1) is 17.6. The number of benzene rings is 1. The van der Waals surface area contributed by atoms with Crippen LogP contribution in [0.5, 0.6) is 0 Å². The first-order chi connectivity index (χ1) is 12.0. The molecule has 5 nitrogen and oxygen atoms in total. The number of rotatable bonds is 4. The molecule has 1 spiro atoms. The van der Waals surface area contributed by atoms with Gasteiger partial charge >= 0.3 is 0 Å². The van der Waals surface area contributed by atoms with Crippen molar-refractivity contribution in [3.8, 4) is 0 Å². The number of carbonyl (C=O) groups is 2. The van der Waals surface area contributed by atoms with Crippen LogP contribution in [0.1, 0.15) is 18.4 Å². The van der Waals surface area contributed by atoms with Gasteiger partial charge in [-0.3, -0.25) is 9.59 Å². The summed E-state index contributed by atoms with van der Waals surface area (Å²) >= 11 is 0. The highest BCUT2D eigenvalue weighted by Gasteiger charge is 2.42. The lowest BCUT2D eigenvalue weighted by Crippen LogP contribution is -2.59. The van der Waals surface area contributed by atoms with E-state index in [-0.39, 0.29) is 36.3 Å². The molecule has 0 radical (unpaired) electrons. The highest BCUT2D eigenvalue weighted by atomic mass is 19.1. The molecule has 3 rings (SSSR count). The first-order valence-corrected chi connectivity index (χ1v) is 8.56. The van der Waals surface area contributed by atoms with Gasteiger partial charge in [-0.2, -0.15) is 0 Å². The summed E-state index contributed by atoms with van der Waals surface area (Å²) in [6.45, 7) is 6.02. The van der Waals surface area contributed by atoms with Gasteiger partial charge in [0.15, 0.2) is 0 Å². The number of halogens is 1. The first-order valence-electron chi connectivity index (χ1n) is 8.56. The fourth-order valence-corrected chi connectivity index (χ4v) is 3.51. The summed E-state index contributed by atoms with van der Waals surface area (Å²) in [6.07, 6.45) is 3.31. The van der Waals surface area contributed by atoms with Gasteiger partial charge in [0.1, 0.15) is 12.4 Å². The molecule has 0 atom stereocenters. The number of amides is 2. The Bertz CT molecular complexity index is 668. The van der Waals surface area contributed by atoms with E-state index in [4.69, 9.17) is 4.74 Å². The van der Waals surface area contributed by atoms with Crippen LogP contribution in [0.25, 0.3) is 0 Å². The zero-order valence-electron chi connectivity index (χ0n) is 14.2. The Morgan fingerprint density at radius 1 is 1.36 bits per heavy atom. The fourth-order valence-electron chi connectivity index (χ4n) is 3.51. The molecule has 0 N–H and O–H groups in total. The Labute approximate surface area is 147 Å². The van der Waals surface area contributed by atoms with Gasteiger partial charge < -0.3 is 14.5 Å². The van der Waals surface area contributed by atoms with Crippen LogP contribution in [0.2, 0.25) is 0 Å². The fraction of sp³-hybridized carbons (Fsp3) is 0.474. The van der Waals surface area contributed by atoms with Gasteiger partial charge in [-0.05, 0) is 30.5 Å². The molecule has 1 aromatic carbocycles. The van der Waals surface area contributed by atoms with Gasteiger partial charge in [0, 0.05) is 19.6 Å². The number of piperidine rings is 1. The molecule has 0 aromatic heterocycles. The van der Waals surface area contributed by atoms with E-state index < -0.39 is 0 Å². The number of likely N-dealkylation sites (tertiary alicyclic amines) is 1. The van der Waals surface area contributed by atoms with Crippen molar-refractivity contribution in [2.24, 2.45) is 0 Å².